The van der Waals surface area contributed by atoms with E-state index in [1.54, 1.807) is 0 Å². The van der Waals surface area contributed by atoms with Gasteiger partial charge in [-0.2, -0.15) is 0 Å². The van der Waals surface area contributed by atoms with Gasteiger partial charge in [-0.15, -0.1) is 0 Å². The van der Waals surface area contributed by atoms with E-state index in [9.17, 15) is 14.4 Å². The van der Waals surface area contributed by atoms with Crippen LogP contribution in [0.5, 0.6) is 0 Å². The lowest BCUT2D eigenvalue weighted by Crippen LogP contribution is -2.30. The summed E-state index contributed by atoms with van der Waals surface area (Å²) in [5.41, 5.74) is 0. The lowest BCUT2D eigenvalue weighted by atomic mass is 10.1. The van der Waals surface area contributed by atoms with Crippen molar-refractivity contribution in [2.45, 2.75) is 303 Å². The largest absolute Gasteiger partial charge is 0.462 e. The molecular formula is C62H110O6. The third kappa shape index (κ3) is 54.1. The molecule has 0 radical (unpaired) electrons. The predicted octanol–water partition coefficient (Wildman–Crippen LogP) is 19.6. The van der Waals surface area contributed by atoms with Crippen LogP contribution in [0.3, 0.4) is 0 Å². The zero-order chi connectivity index (χ0) is 49.3. The molecule has 0 aliphatic heterocycles. The van der Waals surface area contributed by atoms with E-state index in [1.807, 2.05) is 0 Å². The third-order valence-corrected chi connectivity index (χ3v) is 12.7. The van der Waals surface area contributed by atoms with Gasteiger partial charge in [0, 0.05) is 19.3 Å². The smallest absolute Gasteiger partial charge is 0.306 e. The van der Waals surface area contributed by atoms with Gasteiger partial charge in [0.1, 0.15) is 13.2 Å². The summed E-state index contributed by atoms with van der Waals surface area (Å²) < 4.78 is 16.8. The van der Waals surface area contributed by atoms with Crippen LogP contribution in [0.4, 0.5) is 0 Å². The van der Waals surface area contributed by atoms with Gasteiger partial charge >= 0.3 is 17.9 Å². The standard InChI is InChI=1S/C62H110O6/c1-4-7-10-13-16-19-22-24-26-28-29-30-31-32-33-35-36-38-40-43-46-49-52-55-61(64)67-58-59(57-66-60(63)54-51-48-45-42-21-18-15-12-9-6-3)68-62(65)56-53-50-47-44-41-39-37-34-27-25-23-20-17-14-11-8-5-2/h12,15,22,24-25,27-29,31-32,59H,4-11,13-14,16-21,23,26,30,33-58H2,1-3H3/b15-12-,24-22-,27-25-,29-28-,32-31-. The maximum Gasteiger partial charge on any atom is 0.306 e. The molecule has 0 N–H and O–H groups in total. The summed E-state index contributed by atoms with van der Waals surface area (Å²) in [7, 11) is 0. The maximum absolute atomic E-state index is 12.8. The highest BCUT2D eigenvalue weighted by Gasteiger charge is 2.19. The zero-order valence-electron chi connectivity index (χ0n) is 45.1. The van der Waals surface area contributed by atoms with Crippen molar-refractivity contribution in [1.29, 1.82) is 0 Å². The van der Waals surface area contributed by atoms with Crippen molar-refractivity contribution in [3.63, 3.8) is 0 Å². The summed E-state index contributed by atoms with van der Waals surface area (Å²) in [5, 5.41) is 0. The normalized spacial score (nSPS) is 12.5. The number of carbonyl (C=O) groups excluding carboxylic acids is 3. The number of unbranched alkanes of at least 4 members (excludes halogenated alkanes) is 32. The van der Waals surface area contributed by atoms with E-state index in [1.165, 1.54) is 167 Å². The first-order valence-corrected chi connectivity index (χ1v) is 29.3. The van der Waals surface area contributed by atoms with E-state index in [0.717, 1.165) is 89.9 Å². The molecule has 0 bridgehead atoms. The summed E-state index contributed by atoms with van der Waals surface area (Å²) in [5.74, 6) is -0.894. The average molecular weight is 952 g/mol. The second-order valence-electron chi connectivity index (χ2n) is 19.5. The number of allylic oxidation sites excluding steroid dienone is 10. The van der Waals surface area contributed by atoms with E-state index in [2.05, 4.69) is 81.5 Å². The SMILES string of the molecule is CCC/C=C\CCCCCCCC(=O)OCC(COC(=O)CCCCCCCCCC/C=C\C/C=C\C/C=C\CCCCCCC)OC(=O)CCCCCCCCC/C=C\CCCCCCCC. The van der Waals surface area contributed by atoms with E-state index in [4.69, 9.17) is 14.2 Å². The van der Waals surface area contributed by atoms with E-state index in [-0.39, 0.29) is 31.1 Å². The second kappa shape index (κ2) is 56.7. The second-order valence-corrected chi connectivity index (χ2v) is 19.5. The Morgan fingerprint density at radius 3 is 0.897 bits per heavy atom. The number of ether oxygens (including phenoxy) is 3. The first-order chi connectivity index (χ1) is 33.5. The Hall–Kier alpha value is -2.89. The monoisotopic (exact) mass is 951 g/mol. The summed E-state index contributed by atoms with van der Waals surface area (Å²) in [6.07, 6.45) is 70.7. The highest BCUT2D eigenvalue weighted by atomic mass is 16.6. The topological polar surface area (TPSA) is 78.9 Å². The fourth-order valence-electron chi connectivity index (χ4n) is 8.27. The molecule has 0 saturated heterocycles. The Morgan fingerprint density at radius 2 is 0.559 bits per heavy atom. The van der Waals surface area contributed by atoms with Crippen LogP contribution in [0.25, 0.3) is 0 Å². The fraction of sp³-hybridized carbons (Fsp3) is 0.790. The van der Waals surface area contributed by atoms with Gasteiger partial charge in [-0.25, -0.2) is 0 Å². The maximum atomic E-state index is 12.8. The molecule has 0 saturated carbocycles. The van der Waals surface area contributed by atoms with E-state index in [0.29, 0.717) is 19.3 Å². The lowest BCUT2D eigenvalue weighted by Gasteiger charge is -2.18. The number of hydrogen-bond donors (Lipinski definition) is 0. The predicted molar refractivity (Wildman–Crippen MR) is 293 cm³/mol. The van der Waals surface area contributed by atoms with Gasteiger partial charge in [-0.1, -0.05) is 236 Å². The third-order valence-electron chi connectivity index (χ3n) is 12.7. The molecule has 6 heteroatoms. The van der Waals surface area contributed by atoms with Crippen molar-refractivity contribution in [3.05, 3.63) is 60.8 Å². The molecule has 0 aliphatic rings. The fourth-order valence-corrected chi connectivity index (χ4v) is 8.27. The van der Waals surface area contributed by atoms with Crippen LogP contribution in [0.15, 0.2) is 60.8 Å². The Kier molecular flexibility index (Phi) is 54.3. The molecule has 0 heterocycles. The molecule has 6 nitrogen and oxygen atoms in total. The molecule has 68 heavy (non-hydrogen) atoms. The quantitative estimate of drug-likeness (QED) is 0.0262. The Morgan fingerprint density at radius 1 is 0.294 bits per heavy atom. The summed E-state index contributed by atoms with van der Waals surface area (Å²) >= 11 is 0. The van der Waals surface area contributed by atoms with Crippen molar-refractivity contribution in [1.82, 2.24) is 0 Å². The molecule has 0 aliphatic carbocycles. The molecule has 0 aromatic heterocycles. The molecule has 0 rings (SSSR count). The molecule has 0 spiro atoms. The Balaban J connectivity index is 4.29. The number of hydrogen-bond acceptors (Lipinski definition) is 6. The molecule has 0 aromatic rings. The van der Waals surface area contributed by atoms with Gasteiger partial charge in [0.05, 0.1) is 0 Å². The highest BCUT2D eigenvalue weighted by molar-refractivity contribution is 5.71. The van der Waals surface area contributed by atoms with Crippen LogP contribution in [0.2, 0.25) is 0 Å². The van der Waals surface area contributed by atoms with Gasteiger partial charge in [0.25, 0.3) is 0 Å². The van der Waals surface area contributed by atoms with Crippen molar-refractivity contribution >= 4 is 17.9 Å². The van der Waals surface area contributed by atoms with Gasteiger partial charge in [0.2, 0.25) is 0 Å². The summed E-state index contributed by atoms with van der Waals surface area (Å²) in [6.45, 7) is 6.57. The van der Waals surface area contributed by atoms with Gasteiger partial charge < -0.3 is 14.2 Å². The van der Waals surface area contributed by atoms with Crippen LogP contribution in [-0.4, -0.2) is 37.2 Å². The minimum Gasteiger partial charge on any atom is -0.462 e. The minimum absolute atomic E-state index is 0.0817. The molecule has 1 unspecified atom stereocenters. The summed E-state index contributed by atoms with van der Waals surface area (Å²) in [4.78, 5) is 38.1. The van der Waals surface area contributed by atoms with Crippen LogP contribution < -0.4 is 0 Å². The van der Waals surface area contributed by atoms with E-state index >= 15 is 0 Å². The molecule has 0 amide bonds. The van der Waals surface area contributed by atoms with Crippen molar-refractivity contribution in [2.75, 3.05) is 13.2 Å². The van der Waals surface area contributed by atoms with Crippen molar-refractivity contribution < 1.29 is 28.6 Å². The van der Waals surface area contributed by atoms with E-state index < -0.39 is 6.10 Å². The molecule has 394 valence electrons. The van der Waals surface area contributed by atoms with Crippen LogP contribution in [0.1, 0.15) is 297 Å². The number of carbonyl (C=O) groups is 3. The highest BCUT2D eigenvalue weighted by Crippen LogP contribution is 2.15. The molecule has 0 fully saturated rings. The average Bonchev–Trinajstić information content (AvgIpc) is 3.34. The van der Waals surface area contributed by atoms with Gasteiger partial charge in [-0.3, -0.25) is 14.4 Å². The minimum atomic E-state index is -0.782. The molecule has 1 atom stereocenters. The Labute approximate surface area is 421 Å². The number of esters is 3. The van der Waals surface area contributed by atoms with Crippen molar-refractivity contribution in [3.8, 4) is 0 Å². The summed E-state index contributed by atoms with van der Waals surface area (Å²) in [6, 6.07) is 0. The van der Waals surface area contributed by atoms with Crippen LogP contribution in [-0.2, 0) is 28.6 Å². The van der Waals surface area contributed by atoms with Gasteiger partial charge in [-0.05, 0) is 103 Å². The first kappa shape index (κ1) is 65.1. The first-order valence-electron chi connectivity index (χ1n) is 29.3. The molecular weight excluding hydrogens is 841 g/mol. The molecule has 0 aromatic carbocycles. The number of rotatable bonds is 53. The van der Waals surface area contributed by atoms with Crippen LogP contribution >= 0.6 is 0 Å². The zero-order valence-corrected chi connectivity index (χ0v) is 45.1. The van der Waals surface area contributed by atoms with Crippen molar-refractivity contribution in [2.24, 2.45) is 0 Å². The van der Waals surface area contributed by atoms with Gasteiger partial charge in [0.15, 0.2) is 6.10 Å². The Bertz CT molecular complexity index is 1230. The lowest BCUT2D eigenvalue weighted by molar-refractivity contribution is -0.167. The van der Waals surface area contributed by atoms with Crippen LogP contribution in [0, 0.1) is 0 Å².